The largest absolute Gasteiger partial charge is 0.480 e. The van der Waals surface area contributed by atoms with Gasteiger partial charge in [-0.25, -0.2) is 13.2 Å². The third kappa shape index (κ3) is 5.00. The molecule has 0 aliphatic heterocycles. The summed E-state index contributed by atoms with van der Waals surface area (Å²) in [6, 6.07) is 2.33. The van der Waals surface area contributed by atoms with Gasteiger partial charge in [0.05, 0.1) is 11.5 Å². The fourth-order valence-corrected chi connectivity index (χ4v) is 2.47. The predicted octanol–water partition coefficient (Wildman–Crippen LogP) is 0.573. The third-order valence-corrected chi connectivity index (χ3v) is 3.81. The van der Waals surface area contributed by atoms with E-state index in [9.17, 15) is 18.0 Å². The first-order valence-corrected chi connectivity index (χ1v) is 7.95. The summed E-state index contributed by atoms with van der Waals surface area (Å²) in [6.07, 6.45) is 0.978. The van der Waals surface area contributed by atoms with Gasteiger partial charge in [-0.15, -0.1) is 0 Å². The Bertz CT molecular complexity index is 658. The minimum Gasteiger partial charge on any atom is -0.480 e. The van der Waals surface area contributed by atoms with Crippen LogP contribution in [0.4, 0.5) is 0 Å². The Labute approximate surface area is 126 Å². The fourth-order valence-electron chi connectivity index (χ4n) is 1.49. The quantitative estimate of drug-likeness (QED) is 0.786. The maximum absolute atomic E-state index is 12.0. The number of halogens is 1. The zero-order valence-corrected chi connectivity index (χ0v) is 12.9. The number of carbonyl (C=O) groups excluding carboxylic acids is 1. The summed E-state index contributed by atoms with van der Waals surface area (Å²) in [6.45, 7) is -0.222. The maximum atomic E-state index is 12.0. The number of sulfone groups is 1. The lowest BCUT2D eigenvalue weighted by molar-refractivity contribution is -0.140. The number of carbonyl (C=O) groups is 2. The Balaban J connectivity index is 3.08. The first-order valence-electron chi connectivity index (χ1n) is 5.68. The lowest BCUT2D eigenvalue weighted by Crippen LogP contribution is -2.43. The van der Waals surface area contributed by atoms with E-state index in [0.29, 0.717) is 0 Å². The molecule has 0 saturated heterocycles. The van der Waals surface area contributed by atoms with Crippen LogP contribution in [0.3, 0.4) is 0 Å². The van der Waals surface area contributed by atoms with Crippen LogP contribution in [0.1, 0.15) is 10.4 Å². The number of hydrogen-bond acceptors (Lipinski definition) is 5. The molecule has 1 aromatic carbocycles. The molecule has 0 spiro atoms. The summed E-state index contributed by atoms with van der Waals surface area (Å²) in [5.74, 6) is -2.03. The molecule has 7 nitrogen and oxygen atoms in total. The van der Waals surface area contributed by atoms with E-state index < -0.39 is 27.8 Å². The van der Waals surface area contributed by atoms with Crippen LogP contribution in [0.15, 0.2) is 23.1 Å². The van der Waals surface area contributed by atoms with Gasteiger partial charge < -0.3 is 15.2 Å². The van der Waals surface area contributed by atoms with Gasteiger partial charge in [-0.05, 0) is 18.2 Å². The highest BCUT2D eigenvalue weighted by Gasteiger charge is 2.21. The van der Waals surface area contributed by atoms with Gasteiger partial charge in [0.2, 0.25) is 0 Å². The average Bonchev–Trinajstić information content (AvgIpc) is 2.36. The van der Waals surface area contributed by atoms with E-state index in [0.717, 1.165) is 12.3 Å². The van der Waals surface area contributed by atoms with Crippen LogP contribution in [-0.2, 0) is 19.4 Å². The van der Waals surface area contributed by atoms with Crippen LogP contribution in [0.25, 0.3) is 0 Å². The smallest absolute Gasteiger partial charge is 0.328 e. The number of hydrogen-bond donors (Lipinski definition) is 2. The van der Waals surface area contributed by atoms with Crippen molar-refractivity contribution in [3.8, 4) is 0 Å². The van der Waals surface area contributed by atoms with Crippen molar-refractivity contribution >= 4 is 33.3 Å². The zero-order valence-electron chi connectivity index (χ0n) is 11.3. The van der Waals surface area contributed by atoms with E-state index in [1.54, 1.807) is 0 Å². The molecular weight excluding hydrogens is 322 g/mol. The van der Waals surface area contributed by atoms with Crippen molar-refractivity contribution in [2.24, 2.45) is 0 Å². The molecule has 1 amide bonds. The van der Waals surface area contributed by atoms with E-state index in [4.69, 9.17) is 16.7 Å². The molecule has 0 aromatic heterocycles. The number of methoxy groups -OCH3 is 1. The van der Waals surface area contributed by atoms with E-state index >= 15 is 0 Å². The van der Waals surface area contributed by atoms with Gasteiger partial charge in [0.1, 0.15) is 0 Å². The molecule has 9 heteroatoms. The molecule has 0 fully saturated rings. The highest BCUT2D eigenvalue weighted by molar-refractivity contribution is 7.90. The molecule has 2 N–H and O–H groups in total. The SMILES string of the molecule is COC[C@H](NC(=O)c1cc(Cl)cc(S(C)(=O)=O)c1)C(=O)O. The number of benzene rings is 1. The highest BCUT2D eigenvalue weighted by Crippen LogP contribution is 2.19. The topological polar surface area (TPSA) is 110 Å². The Morgan fingerprint density at radius 3 is 2.48 bits per heavy atom. The second-order valence-corrected chi connectivity index (χ2v) is 6.72. The van der Waals surface area contributed by atoms with Crippen molar-refractivity contribution in [2.75, 3.05) is 20.0 Å². The van der Waals surface area contributed by atoms with E-state index in [1.165, 1.54) is 19.2 Å². The summed E-state index contributed by atoms with van der Waals surface area (Å²) in [5, 5.41) is 11.2. The summed E-state index contributed by atoms with van der Waals surface area (Å²) >= 11 is 5.77. The molecule has 1 atom stereocenters. The molecule has 0 heterocycles. The standard InChI is InChI=1S/C12H14ClNO6S/c1-20-6-10(12(16)17)14-11(15)7-3-8(13)5-9(4-7)21(2,18)19/h3-5,10H,6H2,1-2H3,(H,14,15)(H,16,17)/t10-/m0/s1. The number of aliphatic carboxylic acids is 1. The Morgan fingerprint density at radius 1 is 1.38 bits per heavy atom. The second-order valence-electron chi connectivity index (χ2n) is 4.27. The molecule has 116 valence electrons. The minimum atomic E-state index is -3.54. The van der Waals surface area contributed by atoms with Crippen LogP contribution in [0, 0.1) is 0 Å². The van der Waals surface area contributed by atoms with Crippen molar-refractivity contribution in [3.05, 3.63) is 28.8 Å². The molecule has 0 radical (unpaired) electrons. The molecular formula is C12H14ClNO6S. The van der Waals surface area contributed by atoms with Gasteiger partial charge in [-0.2, -0.15) is 0 Å². The molecule has 0 saturated carbocycles. The van der Waals surface area contributed by atoms with Crippen molar-refractivity contribution in [1.82, 2.24) is 5.32 Å². The molecule has 1 aromatic rings. The van der Waals surface area contributed by atoms with Crippen molar-refractivity contribution in [2.45, 2.75) is 10.9 Å². The molecule has 0 bridgehead atoms. The summed E-state index contributed by atoms with van der Waals surface area (Å²) in [5.41, 5.74) is -0.0507. The zero-order chi connectivity index (χ0) is 16.2. The van der Waals surface area contributed by atoms with E-state index in [-0.39, 0.29) is 22.1 Å². The average molecular weight is 336 g/mol. The second kappa shape index (κ2) is 6.88. The summed E-state index contributed by atoms with van der Waals surface area (Å²) in [4.78, 5) is 22.8. The predicted molar refractivity (Wildman–Crippen MR) is 75.3 cm³/mol. The normalized spacial score (nSPS) is 12.7. The van der Waals surface area contributed by atoms with E-state index in [1.807, 2.05) is 0 Å². The lowest BCUT2D eigenvalue weighted by Gasteiger charge is -2.14. The Kier molecular flexibility index (Phi) is 5.70. The molecule has 0 aliphatic rings. The fraction of sp³-hybridized carbons (Fsp3) is 0.333. The van der Waals surface area contributed by atoms with Crippen molar-refractivity contribution in [3.63, 3.8) is 0 Å². The van der Waals surface area contributed by atoms with Crippen molar-refractivity contribution < 1.29 is 27.9 Å². The van der Waals surface area contributed by atoms with Crippen molar-refractivity contribution in [1.29, 1.82) is 0 Å². The molecule has 0 unspecified atom stereocenters. The van der Waals surface area contributed by atoms with Gasteiger partial charge in [0.15, 0.2) is 15.9 Å². The Morgan fingerprint density at radius 2 is 2.00 bits per heavy atom. The minimum absolute atomic E-state index is 0.0507. The number of carboxylic acid groups (broad SMARTS) is 1. The number of ether oxygens (including phenoxy) is 1. The summed E-state index contributed by atoms with van der Waals surface area (Å²) in [7, 11) is -2.25. The van der Waals surface area contributed by atoms with Gasteiger partial charge in [-0.3, -0.25) is 4.79 Å². The number of amides is 1. The van der Waals surface area contributed by atoms with Gasteiger partial charge in [0, 0.05) is 24.0 Å². The summed E-state index contributed by atoms with van der Waals surface area (Å²) < 4.78 is 27.7. The first kappa shape index (κ1) is 17.4. The molecule has 1 rings (SSSR count). The van der Waals surface area contributed by atoms with Crippen LogP contribution in [-0.4, -0.2) is 51.4 Å². The van der Waals surface area contributed by atoms with E-state index in [2.05, 4.69) is 10.1 Å². The maximum Gasteiger partial charge on any atom is 0.328 e. The van der Waals surface area contributed by atoms with Crippen LogP contribution < -0.4 is 5.32 Å². The first-order chi connectivity index (χ1) is 9.65. The lowest BCUT2D eigenvalue weighted by atomic mass is 10.2. The molecule has 21 heavy (non-hydrogen) atoms. The number of carboxylic acids is 1. The Hall–Kier alpha value is -1.64. The molecule has 0 aliphatic carbocycles. The van der Waals surface area contributed by atoms with Gasteiger partial charge in [0.25, 0.3) is 5.91 Å². The van der Waals surface area contributed by atoms with Gasteiger partial charge in [-0.1, -0.05) is 11.6 Å². The van der Waals surface area contributed by atoms with Crippen LogP contribution in [0.5, 0.6) is 0 Å². The monoisotopic (exact) mass is 335 g/mol. The van der Waals surface area contributed by atoms with Gasteiger partial charge >= 0.3 is 5.97 Å². The van der Waals surface area contributed by atoms with Crippen LogP contribution >= 0.6 is 11.6 Å². The van der Waals surface area contributed by atoms with Crippen LogP contribution in [0.2, 0.25) is 5.02 Å². The third-order valence-electron chi connectivity index (χ3n) is 2.50. The number of nitrogens with one attached hydrogen (secondary N) is 1. The number of rotatable bonds is 6. The highest BCUT2D eigenvalue weighted by atomic mass is 35.5.